The molecule has 0 N–H and O–H groups in total. The van der Waals surface area contributed by atoms with Crippen LogP contribution in [0, 0.1) is 0 Å². The van der Waals surface area contributed by atoms with E-state index in [-0.39, 0.29) is 0 Å². The second-order valence-electron chi connectivity index (χ2n) is 5.23. The number of rotatable bonds is 2. The van der Waals surface area contributed by atoms with Gasteiger partial charge in [0.2, 0.25) is 0 Å². The molecule has 102 valence electrons. The summed E-state index contributed by atoms with van der Waals surface area (Å²) in [6, 6.07) is 0.510. The fourth-order valence-electron chi connectivity index (χ4n) is 2.65. The number of hydrogen-bond acceptors (Lipinski definition) is 6. The summed E-state index contributed by atoms with van der Waals surface area (Å²) in [7, 11) is 6.11. The van der Waals surface area contributed by atoms with Crippen LogP contribution in [0.4, 0.5) is 5.82 Å². The predicted octanol–water partition coefficient (Wildman–Crippen LogP) is 0.289. The van der Waals surface area contributed by atoms with Gasteiger partial charge in [-0.1, -0.05) is 5.21 Å². The maximum absolute atomic E-state index is 4.40. The van der Waals surface area contributed by atoms with Gasteiger partial charge >= 0.3 is 0 Å². The van der Waals surface area contributed by atoms with E-state index in [1.807, 2.05) is 7.05 Å². The van der Waals surface area contributed by atoms with Crippen molar-refractivity contribution in [3.05, 3.63) is 6.33 Å². The quantitative estimate of drug-likeness (QED) is 0.774. The van der Waals surface area contributed by atoms with Crippen LogP contribution in [-0.4, -0.2) is 63.1 Å². The summed E-state index contributed by atoms with van der Waals surface area (Å²) >= 11 is 0. The summed E-state index contributed by atoms with van der Waals surface area (Å²) in [6.45, 7) is 2.26. The van der Waals surface area contributed by atoms with E-state index >= 15 is 0 Å². The molecule has 1 aliphatic rings. The average molecular weight is 261 g/mol. The molecule has 1 saturated heterocycles. The molecule has 0 unspecified atom stereocenters. The Morgan fingerprint density at radius 1 is 1.21 bits per heavy atom. The Morgan fingerprint density at radius 3 is 2.68 bits per heavy atom. The van der Waals surface area contributed by atoms with E-state index in [9.17, 15) is 0 Å². The number of likely N-dealkylation sites (tertiary alicyclic amines) is 1. The standard InChI is InChI=1S/C12H19N7/c1-17-6-4-9(5-7-17)18(2)11-10-12(14-8-13-11)19(3)16-15-10/h8-9H,4-7H2,1-3H3. The van der Waals surface area contributed by atoms with Crippen LogP contribution in [0.15, 0.2) is 6.33 Å². The number of aromatic nitrogens is 5. The van der Waals surface area contributed by atoms with Crippen molar-refractivity contribution in [3.8, 4) is 0 Å². The molecule has 0 aromatic carbocycles. The van der Waals surface area contributed by atoms with Gasteiger partial charge in [0.1, 0.15) is 6.33 Å². The zero-order valence-electron chi connectivity index (χ0n) is 11.6. The minimum Gasteiger partial charge on any atom is -0.355 e. The van der Waals surface area contributed by atoms with Crippen LogP contribution in [0.2, 0.25) is 0 Å². The van der Waals surface area contributed by atoms with Crippen molar-refractivity contribution in [2.45, 2.75) is 18.9 Å². The third-order valence-corrected chi connectivity index (χ3v) is 3.94. The minimum atomic E-state index is 0.510. The highest BCUT2D eigenvalue weighted by molar-refractivity contribution is 5.82. The summed E-state index contributed by atoms with van der Waals surface area (Å²) in [5.41, 5.74) is 1.57. The molecule has 0 saturated carbocycles. The molecule has 0 amide bonds. The lowest BCUT2D eigenvalue weighted by atomic mass is 10.0. The van der Waals surface area contributed by atoms with E-state index in [2.05, 4.69) is 44.2 Å². The third-order valence-electron chi connectivity index (χ3n) is 3.94. The molecule has 3 rings (SSSR count). The summed E-state index contributed by atoms with van der Waals surface area (Å²) in [6.07, 6.45) is 3.89. The molecule has 7 nitrogen and oxygen atoms in total. The van der Waals surface area contributed by atoms with Crippen LogP contribution in [0.5, 0.6) is 0 Å². The summed E-state index contributed by atoms with van der Waals surface area (Å²) in [5.74, 6) is 0.882. The lowest BCUT2D eigenvalue weighted by Crippen LogP contribution is -2.42. The van der Waals surface area contributed by atoms with Gasteiger partial charge in [-0.2, -0.15) is 0 Å². The monoisotopic (exact) mass is 261 g/mol. The van der Waals surface area contributed by atoms with Gasteiger partial charge in [0, 0.05) is 20.1 Å². The first kappa shape index (κ1) is 12.3. The summed E-state index contributed by atoms with van der Waals surface area (Å²) < 4.78 is 1.68. The average Bonchev–Trinajstić information content (AvgIpc) is 2.81. The lowest BCUT2D eigenvalue weighted by molar-refractivity contribution is 0.252. The molecule has 2 aromatic heterocycles. The molecule has 3 heterocycles. The van der Waals surface area contributed by atoms with Gasteiger partial charge < -0.3 is 9.80 Å². The first-order valence-corrected chi connectivity index (χ1v) is 6.58. The highest BCUT2D eigenvalue weighted by atomic mass is 15.4. The van der Waals surface area contributed by atoms with E-state index in [1.165, 1.54) is 0 Å². The van der Waals surface area contributed by atoms with Crippen LogP contribution in [0.25, 0.3) is 11.2 Å². The zero-order chi connectivity index (χ0) is 13.4. The fraction of sp³-hybridized carbons (Fsp3) is 0.667. The molecule has 2 aromatic rings. The highest BCUT2D eigenvalue weighted by Gasteiger charge is 2.24. The van der Waals surface area contributed by atoms with Crippen molar-refractivity contribution in [1.82, 2.24) is 29.9 Å². The second kappa shape index (κ2) is 4.73. The Balaban J connectivity index is 1.91. The lowest BCUT2D eigenvalue weighted by Gasteiger charge is -2.35. The maximum Gasteiger partial charge on any atom is 0.183 e. The third kappa shape index (κ3) is 2.14. The summed E-state index contributed by atoms with van der Waals surface area (Å²) in [4.78, 5) is 13.2. The molecular formula is C12H19N7. The molecule has 0 atom stereocenters. The highest BCUT2D eigenvalue weighted by Crippen LogP contribution is 2.24. The second-order valence-corrected chi connectivity index (χ2v) is 5.23. The van der Waals surface area contributed by atoms with Crippen molar-refractivity contribution in [1.29, 1.82) is 0 Å². The molecule has 7 heteroatoms. The van der Waals surface area contributed by atoms with Gasteiger partial charge in [-0.25, -0.2) is 14.6 Å². The number of fused-ring (bicyclic) bond motifs is 1. The van der Waals surface area contributed by atoms with E-state index in [0.717, 1.165) is 42.9 Å². The Hall–Kier alpha value is -1.76. The number of anilines is 1. The molecule has 1 aliphatic heterocycles. The van der Waals surface area contributed by atoms with Crippen molar-refractivity contribution < 1.29 is 0 Å². The molecule has 0 radical (unpaired) electrons. The first-order chi connectivity index (χ1) is 9.16. The van der Waals surface area contributed by atoms with Crippen molar-refractivity contribution >= 4 is 17.0 Å². The van der Waals surface area contributed by atoms with E-state index < -0.39 is 0 Å². The van der Waals surface area contributed by atoms with Gasteiger partial charge in [0.25, 0.3) is 0 Å². The molecule has 0 bridgehead atoms. The molecule has 1 fully saturated rings. The van der Waals surface area contributed by atoms with Crippen LogP contribution in [-0.2, 0) is 7.05 Å². The largest absolute Gasteiger partial charge is 0.355 e. The van der Waals surface area contributed by atoms with Crippen LogP contribution >= 0.6 is 0 Å². The smallest absolute Gasteiger partial charge is 0.183 e. The van der Waals surface area contributed by atoms with Crippen molar-refractivity contribution in [3.63, 3.8) is 0 Å². The zero-order valence-corrected chi connectivity index (χ0v) is 11.6. The van der Waals surface area contributed by atoms with Crippen LogP contribution < -0.4 is 4.90 Å². The van der Waals surface area contributed by atoms with Crippen molar-refractivity contribution in [2.75, 3.05) is 32.1 Å². The van der Waals surface area contributed by atoms with E-state index in [1.54, 1.807) is 11.0 Å². The van der Waals surface area contributed by atoms with Crippen LogP contribution in [0.3, 0.4) is 0 Å². The molecule has 0 spiro atoms. The van der Waals surface area contributed by atoms with Gasteiger partial charge in [0.05, 0.1) is 0 Å². The number of hydrogen-bond donors (Lipinski definition) is 0. The molecular weight excluding hydrogens is 242 g/mol. The first-order valence-electron chi connectivity index (χ1n) is 6.58. The predicted molar refractivity (Wildman–Crippen MR) is 73.0 cm³/mol. The van der Waals surface area contributed by atoms with E-state index in [4.69, 9.17) is 0 Å². The summed E-state index contributed by atoms with van der Waals surface area (Å²) in [5, 5.41) is 8.21. The Morgan fingerprint density at radius 2 is 1.95 bits per heavy atom. The minimum absolute atomic E-state index is 0.510. The van der Waals surface area contributed by atoms with Crippen LogP contribution in [0.1, 0.15) is 12.8 Å². The van der Waals surface area contributed by atoms with Crippen molar-refractivity contribution in [2.24, 2.45) is 7.05 Å². The van der Waals surface area contributed by atoms with E-state index in [0.29, 0.717) is 6.04 Å². The SMILES string of the molecule is CN1CCC(N(C)c2ncnc3c2nnn3C)CC1. The normalized spacial score (nSPS) is 18.1. The van der Waals surface area contributed by atoms with Gasteiger partial charge in [0.15, 0.2) is 17.0 Å². The number of piperidine rings is 1. The number of nitrogens with zero attached hydrogens (tertiary/aromatic N) is 7. The Bertz CT molecular complexity index is 570. The molecule has 0 aliphatic carbocycles. The van der Waals surface area contributed by atoms with Gasteiger partial charge in [-0.05, 0) is 33.0 Å². The van der Waals surface area contributed by atoms with Gasteiger partial charge in [-0.15, -0.1) is 5.10 Å². The number of aryl methyl sites for hydroxylation is 1. The maximum atomic E-state index is 4.40. The Labute approximate surface area is 112 Å². The fourth-order valence-corrected chi connectivity index (χ4v) is 2.65. The molecule has 19 heavy (non-hydrogen) atoms. The Kier molecular flexibility index (Phi) is 3.06. The van der Waals surface area contributed by atoms with Gasteiger partial charge in [-0.3, -0.25) is 0 Å². The topological polar surface area (TPSA) is 63.0 Å².